The van der Waals surface area contributed by atoms with Crippen molar-refractivity contribution in [1.82, 2.24) is 4.90 Å². The normalized spacial score (nSPS) is 14.1. The number of benzene rings is 2. The van der Waals surface area contributed by atoms with Crippen molar-refractivity contribution in [1.29, 1.82) is 0 Å². The van der Waals surface area contributed by atoms with Gasteiger partial charge in [0.15, 0.2) is 0 Å². The maximum atomic E-state index is 11.3. The van der Waals surface area contributed by atoms with Crippen LogP contribution in [0.2, 0.25) is 0 Å². The molecule has 0 aliphatic carbocycles. The van der Waals surface area contributed by atoms with Crippen molar-refractivity contribution >= 4 is 6.47 Å². The van der Waals surface area contributed by atoms with Gasteiger partial charge in [0.05, 0.1) is 5.41 Å². The SMILES string of the molecule is CCC(OC=O)C(C[C@H](C)N(C)C)(c1ccccc1)c1ccccc1. The molecule has 2 rings (SSSR count). The van der Waals surface area contributed by atoms with E-state index in [0.717, 1.165) is 12.8 Å². The lowest BCUT2D eigenvalue weighted by atomic mass is 9.66. The van der Waals surface area contributed by atoms with Crippen LogP contribution in [0.1, 0.15) is 37.8 Å². The summed E-state index contributed by atoms with van der Waals surface area (Å²) in [5.74, 6) is 0. The van der Waals surface area contributed by atoms with E-state index in [9.17, 15) is 4.79 Å². The van der Waals surface area contributed by atoms with Gasteiger partial charge in [-0.2, -0.15) is 0 Å². The summed E-state index contributed by atoms with van der Waals surface area (Å²) in [6.07, 6.45) is 1.39. The van der Waals surface area contributed by atoms with Crippen LogP contribution in [0.25, 0.3) is 0 Å². The van der Waals surface area contributed by atoms with E-state index < -0.39 is 0 Å². The molecule has 2 aromatic carbocycles. The lowest BCUT2D eigenvalue weighted by Crippen LogP contribution is -2.46. The van der Waals surface area contributed by atoms with E-state index in [-0.39, 0.29) is 11.5 Å². The number of nitrogens with zero attached hydrogens (tertiary/aromatic N) is 1. The maximum Gasteiger partial charge on any atom is 0.293 e. The summed E-state index contributed by atoms with van der Waals surface area (Å²) in [5, 5.41) is 0. The summed E-state index contributed by atoms with van der Waals surface area (Å²) in [7, 11) is 4.18. The molecule has 25 heavy (non-hydrogen) atoms. The fraction of sp³-hybridized carbons (Fsp3) is 0.409. The van der Waals surface area contributed by atoms with Crippen LogP contribution in [0, 0.1) is 0 Å². The molecule has 3 nitrogen and oxygen atoms in total. The van der Waals surface area contributed by atoms with E-state index in [1.165, 1.54) is 11.1 Å². The molecule has 0 bridgehead atoms. The van der Waals surface area contributed by atoms with E-state index in [1.807, 2.05) is 12.1 Å². The Kier molecular flexibility index (Phi) is 6.77. The number of rotatable bonds is 9. The van der Waals surface area contributed by atoms with Crippen LogP contribution in [0.5, 0.6) is 0 Å². The van der Waals surface area contributed by atoms with Crippen LogP contribution in [-0.4, -0.2) is 37.6 Å². The average Bonchev–Trinajstić information content (AvgIpc) is 2.65. The van der Waals surface area contributed by atoms with Gasteiger partial charge in [0.2, 0.25) is 0 Å². The van der Waals surface area contributed by atoms with Crippen molar-refractivity contribution in [2.75, 3.05) is 14.1 Å². The Labute approximate surface area is 151 Å². The summed E-state index contributed by atoms with van der Waals surface area (Å²) in [4.78, 5) is 13.5. The van der Waals surface area contributed by atoms with Gasteiger partial charge in [-0.05, 0) is 45.0 Å². The number of ether oxygens (including phenoxy) is 1. The topological polar surface area (TPSA) is 29.5 Å². The molecule has 134 valence electrons. The second-order valence-electron chi connectivity index (χ2n) is 6.85. The van der Waals surface area contributed by atoms with E-state index in [0.29, 0.717) is 12.5 Å². The monoisotopic (exact) mass is 339 g/mol. The Hall–Kier alpha value is -2.13. The molecule has 0 radical (unpaired) electrons. The molecule has 2 aromatic rings. The molecule has 0 fully saturated rings. The Morgan fingerprint density at radius 2 is 1.48 bits per heavy atom. The van der Waals surface area contributed by atoms with Crippen molar-refractivity contribution in [3.05, 3.63) is 71.8 Å². The first-order valence-electron chi connectivity index (χ1n) is 8.92. The van der Waals surface area contributed by atoms with Crippen molar-refractivity contribution in [3.63, 3.8) is 0 Å². The first-order valence-corrected chi connectivity index (χ1v) is 8.92. The molecule has 0 spiro atoms. The highest BCUT2D eigenvalue weighted by Gasteiger charge is 2.44. The van der Waals surface area contributed by atoms with E-state index in [2.05, 4.69) is 81.4 Å². The third-order valence-corrected chi connectivity index (χ3v) is 5.22. The Balaban J connectivity index is 2.70. The van der Waals surface area contributed by atoms with Gasteiger partial charge in [0.1, 0.15) is 6.10 Å². The first-order chi connectivity index (χ1) is 12.1. The second-order valence-corrected chi connectivity index (χ2v) is 6.85. The van der Waals surface area contributed by atoms with Crippen molar-refractivity contribution in [2.45, 2.75) is 44.2 Å². The number of carbonyl (C=O) groups excluding carboxylic acids is 1. The van der Waals surface area contributed by atoms with Gasteiger partial charge in [0, 0.05) is 6.04 Å². The lowest BCUT2D eigenvalue weighted by molar-refractivity contribution is -0.137. The second kappa shape index (κ2) is 8.82. The molecule has 0 aliphatic rings. The fourth-order valence-electron chi connectivity index (χ4n) is 3.65. The highest BCUT2D eigenvalue weighted by atomic mass is 16.5. The lowest BCUT2D eigenvalue weighted by Gasteiger charge is -2.43. The summed E-state index contributed by atoms with van der Waals surface area (Å²) < 4.78 is 5.65. The van der Waals surface area contributed by atoms with Crippen LogP contribution >= 0.6 is 0 Å². The minimum Gasteiger partial charge on any atom is -0.463 e. The predicted octanol–water partition coefficient (Wildman–Crippen LogP) is 4.26. The Bertz CT molecular complexity index is 600. The van der Waals surface area contributed by atoms with E-state index in [1.54, 1.807) is 0 Å². The molecule has 0 aromatic heterocycles. The molecule has 3 heteroatoms. The van der Waals surface area contributed by atoms with Crippen molar-refractivity contribution in [2.24, 2.45) is 0 Å². The van der Waals surface area contributed by atoms with Crippen molar-refractivity contribution < 1.29 is 9.53 Å². The Morgan fingerprint density at radius 1 is 1.00 bits per heavy atom. The summed E-state index contributed by atoms with van der Waals surface area (Å²) in [6, 6.07) is 21.2. The van der Waals surface area contributed by atoms with Gasteiger partial charge in [-0.1, -0.05) is 67.6 Å². The number of hydrogen-bond donors (Lipinski definition) is 0. The highest BCUT2D eigenvalue weighted by molar-refractivity contribution is 5.45. The quantitative estimate of drug-likeness (QED) is 0.639. The highest BCUT2D eigenvalue weighted by Crippen LogP contribution is 2.43. The predicted molar refractivity (Wildman–Crippen MR) is 103 cm³/mol. The van der Waals surface area contributed by atoms with Crippen LogP contribution in [-0.2, 0) is 14.9 Å². The summed E-state index contributed by atoms with van der Waals surface area (Å²) in [5.41, 5.74) is 1.98. The van der Waals surface area contributed by atoms with Gasteiger partial charge < -0.3 is 9.64 Å². The minimum absolute atomic E-state index is 0.225. The van der Waals surface area contributed by atoms with Gasteiger partial charge in [0.25, 0.3) is 6.47 Å². The average molecular weight is 339 g/mol. The van der Waals surface area contributed by atoms with Crippen LogP contribution in [0.4, 0.5) is 0 Å². The first kappa shape index (κ1) is 19.2. The smallest absolute Gasteiger partial charge is 0.293 e. The van der Waals surface area contributed by atoms with E-state index >= 15 is 0 Å². The summed E-state index contributed by atoms with van der Waals surface area (Å²) in [6.45, 7) is 4.89. The zero-order valence-corrected chi connectivity index (χ0v) is 15.7. The molecule has 0 saturated carbocycles. The largest absolute Gasteiger partial charge is 0.463 e. The zero-order valence-electron chi connectivity index (χ0n) is 15.7. The van der Waals surface area contributed by atoms with Gasteiger partial charge >= 0.3 is 0 Å². The van der Waals surface area contributed by atoms with Crippen LogP contribution in [0.15, 0.2) is 60.7 Å². The maximum absolute atomic E-state index is 11.3. The van der Waals surface area contributed by atoms with Crippen LogP contribution in [0.3, 0.4) is 0 Å². The molecule has 0 saturated heterocycles. The number of hydrogen-bond acceptors (Lipinski definition) is 3. The van der Waals surface area contributed by atoms with Gasteiger partial charge in [-0.15, -0.1) is 0 Å². The molecular formula is C22H29NO2. The fourth-order valence-corrected chi connectivity index (χ4v) is 3.65. The third-order valence-electron chi connectivity index (χ3n) is 5.22. The molecule has 0 N–H and O–H groups in total. The Morgan fingerprint density at radius 3 is 1.84 bits per heavy atom. The molecule has 0 heterocycles. The third kappa shape index (κ3) is 4.10. The molecule has 1 unspecified atom stereocenters. The molecular weight excluding hydrogens is 310 g/mol. The molecule has 0 amide bonds. The van der Waals surface area contributed by atoms with Crippen LogP contribution < -0.4 is 0 Å². The molecule has 0 aliphatic heterocycles. The van der Waals surface area contributed by atoms with Crippen molar-refractivity contribution in [3.8, 4) is 0 Å². The van der Waals surface area contributed by atoms with E-state index in [4.69, 9.17) is 4.74 Å². The zero-order chi connectivity index (χ0) is 18.3. The minimum atomic E-state index is -0.387. The van der Waals surface area contributed by atoms with Gasteiger partial charge in [-0.3, -0.25) is 4.79 Å². The van der Waals surface area contributed by atoms with Gasteiger partial charge in [-0.25, -0.2) is 0 Å². The standard InChI is InChI=1S/C22H29NO2/c1-5-21(25-17-24)22(16-18(2)23(3)4,19-12-8-6-9-13-19)20-14-10-7-11-15-20/h6-15,17-18,21H,5,16H2,1-4H3/t18-,21?/m0/s1. The molecule has 2 atom stereocenters. The number of carbonyl (C=O) groups is 1. The summed E-state index contributed by atoms with van der Waals surface area (Å²) >= 11 is 0.